The molecule has 34 heavy (non-hydrogen) atoms. The van der Waals surface area contributed by atoms with Crippen LogP contribution in [0.15, 0.2) is 12.4 Å². The molecule has 2 aliphatic heterocycles. The Balaban J connectivity index is 0.000000430. The summed E-state index contributed by atoms with van der Waals surface area (Å²) in [4.78, 5) is 4.09. The van der Waals surface area contributed by atoms with E-state index in [1.807, 2.05) is 6.92 Å². The van der Waals surface area contributed by atoms with Gasteiger partial charge >= 0.3 is 0 Å². The first kappa shape index (κ1) is 30.0. The predicted octanol–water partition coefficient (Wildman–Crippen LogP) is 6.15. The van der Waals surface area contributed by atoms with Gasteiger partial charge in [0.2, 0.25) is 0 Å². The van der Waals surface area contributed by atoms with Crippen molar-refractivity contribution in [3.63, 3.8) is 0 Å². The highest BCUT2D eigenvalue weighted by molar-refractivity contribution is 6.73. The number of aromatic nitrogens is 1. The zero-order chi connectivity index (χ0) is 25.1. The Morgan fingerprint density at radius 3 is 1.94 bits per heavy atom. The largest absolute Gasteiger partial charge is 0.409 e. The van der Waals surface area contributed by atoms with Gasteiger partial charge in [-0.3, -0.25) is 4.98 Å². The number of nitrogens with zero attached hydrogens (tertiary/aromatic N) is 1. The van der Waals surface area contributed by atoms with Gasteiger partial charge in [0.05, 0.1) is 47.2 Å². The second kappa shape index (κ2) is 15.1. The van der Waals surface area contributed by atoms with Gasteiger partial charge in [-0.05, 0) is 57.7 Å². The Morgan fingerprint density at radius 2 is 1.53 bits per heavy atom. The Labute approximate surface area is 217 Å². The van der Waals surface area contributed by atoms with Gasteiger partial charge in [-0.1, -0.05) is 44.0 Å². The quantitative estimate of drug-likeness (QED) is 0.331. The van der Waals surface area contributed by atoms with Crippen LogP contribution in [0.2, 0.25) is 28.2 Å². The highest BCUT2D eigenvalue weighted by atomic mass is 35.5. The third kappa shape index (κ3) is 9.00. The number of hydrogen-bond acceptors (Lipinski definition) is 6. The molecule has 5 unspecified atom stereocenters. The first-order valence-corrected chi connectivity index (χ1v) is 16.1. The lowest BCUT2D eigenvalue weighted by molar-refractivity contribution is 0.0198. The lowest BCUT2D eigenvalue weighted by Gasteiger charge is -2.34. The van der Waals surface area contributed by atoms with Gasteiger partial charge < -0.3 is 24.3 Å². The summed E-state index contributed by atoms with van der Waals surface area (Å²) in [7, 11) is -1.81. The van der Waals surface area contributed by atoms with E-state index in [0.717, 1.165) is 55.9 Å². The number of rotatable bonds is 11. The molecule has 0 saturated carbocycles. The van der Waals surface area contributed by atoms with Crippen molar-refractivity contribution < 1.29 is 19.0 Å². The summed E-state index contributed by atoms with van der Waals surface area (Å²) in [6.07, 6.45) is 8.63. The van der Waals surface area contributed by atoms with Crippen LogP contribution < -0.4 is 5.32 Å². The van der Waals surface area contributed by atoms with Crippen LogP contribution in [0.1, 0.15) is 72.0 Å². The molecular formula is C25H44Cl2N2O4Si. The van der Waals surface area contributed by atoms with Gasteiger partial charge in [-0.15, -0.1) is 0 Å². The third-order valence-corrected chi connectivity index (χ3v) is 12.3. The van der Waals surface area contributed by atoms with Crippen molar-refractivity contribution in [3.05, 3.63) is 28.0 Å². The second-order valence-electron chi connectivity index (χ2n) is 9.50. The first-order chi connectivity index (χ1) is 16.3. The van der Waals surface area contributed by atoms with E-state index in [1.165, 1.54) is 0 Å². The summed E-state index contributed by atoms with van der Waals surface area (Å²) in [6, 6.07) is 3.25. The summed E-state index contributed by atoms with van der Waals surface area (Å²) in [6.45, 7) is 12.5. The zero-order valence-electron chi connectivity index (χ0n) is 21.5. The van der Waals surface area contributed by atoms with Crippen LogP contribution in [0.25, 0.3) is 0 Å². The van der Waals surface area contributed by atoms with Crippen LogP contribution in [0.4, 0.5) is 0 Å². The summed E-state index contributed by atoms with van der Waals surface area (Å²) in [5.41, 5.74) is 0.851. The van der Waals surface area contributed by atoms with E-state index in [2.05, 4.69) is 38.0 Å². The SMILES string of the molecule is CC1CCC(CO)O1.CC[Si](CC)(CC)OC(CNCC1CCC(C)O1)c1c(Cl)cncc1Cl. The number of ether oxygens (including phenoxy) is 2. The van der Waals surface area contributed by atoms with Gasteiger partial charge in [0.25, 0.3) is 0 Å². The number of halogens is 2. The zero-order valence-corrected chi connectivity index (χ0v) is 24.0. The molecule has 2 N–H and O–H groups in total. The number of aliphatic hydroxyl groups is 1. The molecule has 3 rings (SSSR count). The van der Waals surface area contributed by atoms with Gasteiger partial charge in [0, 0.05) is 31.0 Å². The molecule has 3 heterocycles. The highest BCUT2D eigenvalue weighted by Crippen LogP contribution is 2.36. The molecule has 0 amide bonds. The van der Waals surface area contributed by atoms with Gasteiger partial charge in [-0.2, -0.15) is 0 Å². The van der Waals surface area contributed by atoms with Crippen LogP contribution in [0, 0.1) is 0 Å². The molecule has 0 bridgehead atoms. The molecule has 2 aliphatic rings. The molecule has 6 nitrogen and oxygen atoms in total. The number of pyridine rings is 1. The van der Waals surface area contributed by atoms with E-state index in [-0.39, 0.29) is 24.9 Å². The fourth-order valence-corrected chi connectivity index (χ4v) is 8.08. The van der Waals surface area contributed by atoms with E-state index >= 15 is 0 Å². The van der Waals surface area contributed by atoms with Gasteiger partial charge in [0.15, 0.2) is 8.32 Å². The van der Waals surface area contributed by atoms with Crippen LogP contribution in [0.3, 0.4) is 0 Å². The minimum Gasteiger partial charge on any atom is -0.409 e. The molecule has 0 spiro atoms. The van der Waals surface area contributed by atoms with E-state index < -0.39 is 8.32 Å². The van der Waals surface area contributed by atoms with Crippen LogP contribution >= 0.6 is 23.2 Å². The Hall–Kier alpha value is -0.253. The molecule has 1 aromatic heterocycles. The lowest BCUT2D eigenvalue weighted by Crippen LogP contribution is -2.41. The number of hydrogen-bond donors (Lipinski definition) is 2. The lowest BCUT2D eigenvalue weighted by atomic mass is 10.1. The van der Waals surface area contributed by atoms with Crippen molar-refractivity contribution in [1.82, 2.24) is 10.3 Å². The fourth-order valence-electron chi connectivity index (χ4n) is 4.66. The highest BCUT2D eigenvalue weighted by Gasteiger charge is 2.34. The smallest absolute Gasteiger partial charge is 0.192 e. The van der Waals surface area contributed by atoms with E-state index in [4.69, 9.17) is 42.2 Å². The van der Waals surface area contributed by atoms with Crippen molar-refractivity contribution in [3.8, 4) is 0 Å². The summed E-state index contributed by atoms with van der Waals surface area (Å²) in [5, 5.41) is 13.2. The average Bonchev–Trinajstić information content (AvgIpc) is 3.45. The van der Waals surface area contributed by atoms with Crippen LogP contribution in [-0.2, 0) is 13.9 Å². The third-order valence-electron chi connectivity index (χ3n) is 7.08. The van der Waals surface area contributed by atoms with E-state index in [9.17, 15) is 0 Å². The topological polar surface area (TPSA) is 72.8 Å². The molecule has 0 aliphatic carbocycles. The standard InChI is InChI=1S/C19H32Cl2N2O2Si.C6H12O2/c1-5-26(6-2,7-3)25-18(19-16(20)11-23-12-17(19)21)13-22-10-15-9-8-14(4)24-15;1-5-2-3-6(4-7)8-5/h11-12,14-15,18,22H,5-10,13H2,1-4H3;5-7H,2-4H2,1H3. The fraction of sp³-hybridized carbons (Fsp3) is 0.800. The second-order valence-corrected chi connectivity index (χ2v) is 15.0. The minimum absolute atomic E-state index is 0.130. The van der Waals surface area contributed by atoms with Crippen LogP contribution in [0.5, 0.6) is 0 Å². The maximum Gasteiger partial charge on any atom is 0.192 e. The molecule has 5 atom stereocenters. The van der Waals surface area contributed by atoms with Crippen molar-refractivity contribution in [2.45, 2.75) is 109 Å². The monoisotopic (exact) mass is 534 g/mol. The number of nitrogens with one attached hydrogen (secondary N) is 1. The van der Waals surface area contributed by atoms with E-state index in [0.29, 0.717) is 28.8 Å². The molecule has 0 aromatic carbocycles. The normalized spacial score (nSPS) is 25.8. The molecule has 2 fully saturated rings. The maximum atomic E-state index is 8.56. The Kier molecular flexibility index (Phi) is 13.3. The molecular weight excluding hydrogens is 491 g/mol. The van der Waals surface area contributed by atoms with Gasteiger partial charge in [0.1, 0.15) is 0 Å². The summed E-state index contributed by atoms with van der Waals surface area (Å²) >= 11 is 12.9. The number of aliphatic hydroxyl groups excluding tert-OH is 1. The van der Waals surface area contributed by atoms with Crippen LogP contribution in [-0.4, -0.2) is 62.5 Å². The van der Waals surface area contributed by atoms with Crippen molar-refractivity contribution in [2.24, 2.45) is 0 Å². The summed E-state index contributed by atoms with van der Waals surface area (Å²) < 4.78 is 17.9. The predicted molar refractivity (Wildman–Crippen MR) is 142 cm³/mol. The molecule has 0 radical (unpaired) electrons. The Bertz CT molecular complexity index is 698. The molecule has 2 saturated heterocycles. The van der Waals surface area contributed by atoms with E-state index in [1.54, 1.807) is 12.4 Å². The maximum absolute atomic E-state index is 8.56. The average molecular weight is 536 g/mol. The molecule has 9 heteroatoms. The first-order valence-electron chi connectivity index (χ1n) is 12.9. The minimum atomic E-state index is -1.81. The van der Waals surface area contributed by atoms with Crippen molar-refractivity contribution in [1.29, 1.82) is 0 Å². The van der Waals surface area contributed by atoms with Crippen molar-refractivity contribution in [2.75, 3.05) is 19.7 Å². The van der Waals surface area contributed by atoms with Crippen molar-refractivity contribution >= 4 is 31.5 Å². The molecule has 196 valence electrons. The van der Waals surface area contributed by atoms with Gasteiger partial charge in [-0.25, -0.2) is 0 Å². The summed E-state index contributed by atoms with van der Waals surface area (Å²) in [5.74, 6) is 0. The Morgan fingerprint density at radius 1 is 1.00 bits per heavy atom. The molecule has 1 aromatic rings.